The van der Waals surface area contributed by atoms with Crippen molar-refractivity contribution < 1.29 is 22.7 Å². The highest BCUT2D eigenvalue weighted by molar-refractivity contribution is 5.86. The fourth-order valence-electron chi connectivity index (χ4n) is 1.74. The number of aromatic nitrogens is 4. The van der Waals surface area contributed by atoms with E-state index < -0.39 is 17.8 Å². The number of hydrogen-bond donors (Lipinski definition) is 1. The molecular formula is C11H12ClF3N4O2. The number of alkyl halides is 3. The zero-order chi connectivity index (χ0) is 14.9. The maximum absolute atomic E-state index is 12.8. The molecule has 0 spiro atoms. The number of H-pyrrole nitrogens is 1. The number of nitrogens with one attached hydrogen (secondary N) is 1. The molecule has 0 aliphatic rings. The van der Waals surface area contributed by atoms with E-state index in [4.69, 9.17) is 4.74 Å². The van der Waals surface area contributed by atoms with Gasteiger partial charge < -0.3 is 9.30 Å². The van der Waals surface area contributed by atoms with Gasteiger partial charge in [0.15, 0.2) is 0 Å². The van der Waals surface area contributed by atoms with Crippen molar-refractivity contribution in [2.75, 3.05) is 6.61 Å². The second-order valence-corrected chi connectivity index (χ2v) is 3.90. The first kappa shape index (κ1) is 17.0. The quantitative estimate of drug-likeness (QED) is 0.880. The van der Waals surface area contributed by atoms with Gasteiger partial charge in [0.1, 0.15) is 5.69 Å². The van der Waals surface area contributed by atoms with Gasteiger partial charge in [-0.1, -0.05) is 0 Å². The Bertz CT molecular complexity index is 636. The summed E-state index contributed by atoms with van der Waals surface area (Å²) in [4.78, 5) is 15.4. The fourth-order valence-corrected chi connectivity index (χ4v) is 1.74. The third-order valence-electron chi connectivity index (χ3n) is 2.64. The first-order valence-corrected chi connectivity index (χ1v) is 5.66. The number of rotatable bonds is 3. The molecule has 10 heteroatoms. The van der Waals surface area contributed by atoms with Crippen LogP contribution in [0.2, 0.25) is 0 Å². The minimum absolute atomic E-state index is 0. The molecule has 21 heavy (non-hydrogen) atoms. The zero-order valence-corrected chi connectivity index (χ0v) is 11.9. The summed E-state index contributed by atoms with van der Waals surface area (Å²) in [6.45, 7) is 1.78. The maximum Gasteiger partial charge on any atom is 0.433 e. The molecule has 2 aromatic heterocycles. The first-order valence-electron chi connectivity index (χ1n) is 5.66. The fraction of sp³-hybridized carbons (Fsp3) is 0.364. The molecular weight excluding hydrogens is 313 g/mol. The average molecular weight is 325 g/mol. The number of hydrogen-bond acceptors (Lipinski definition) is 4. The van der Waals surface area contributed by atoms with Crippen molar-refractivity contribution in [3.05, 3.63) is 23.9 Å². The van der Waals surface area contributed by atoms with Gasteiger partial charge in [-0.15, -0.1) is 12.4 Å². The Morgan fingerprint density at radius 3 is 2.67 bits per heavy atom. The number of halogens is 4. The normalized spacial score (nSPS) is 11.1. The van der Waals surface area contributed by atoms with E-state index >= 15 is 0 Å². The third kappa shape index (κ3) is 3.18. The standard InChI is InChI=1S/C11H11F3N4O2.ClH/c1-3-20-10(19)9-15-5-7(18(9)2)6-4-16-17-8(6)11(12,13)14;/h4-5H,3H2,1-2H3,(H,16,17);1H. The van der Waals surface area contributed by atoms with Gasteiger partial charge in [-0.2, -0.15) is 18.3 Å². The molecule has 2 aromatic rings. The topological polar surface area (TPSA) is 72.8 Å². The third-order valence-corrected chi connectivity index (χ3v) is 2.64. The van der Waals surface area contributed by atoms with Crippen molar-refractivity contribution in [1.29, 1.82) is 0 Å². The first-order chi connectivity index (χ1) is 9.36. The molecule has 0 saturated carbocycles. The van der Waals surface area contributed by atoms with Crippen LogP contribution in [0.15, 0.2) is 12.4 Å². The highest BCUT2D eigenvalue weighted by Crippen LogP contribution is 2.35. The van der Waals surface area contributed by atoms with Crippen LogP contribution in [-0.4, -0.2) is 32.3 Å². The molecule has 0 amide bonds. The molecule has 1 N–H and O–H groups in total. The summed E-state index contributed by atoms with van der Waals surface area (Å²) in [6.07, 6.45) is -2.36. The van der Waals surface area contributed by atoms with Crippen molar-refractivity contribution in [2.45, 2.75) is 13.1 Å². The summed E-state index contributed by atoms with van der Waals surface area (Å²) in [5.41, 5.74) is -1.05. The van der Waals surface area contributed by atoms with Crippen LogP contribution >= 0.6 is 12.4 Å². The number of carbonyl (C=O) groups is 1. The van der Waals surface area contributed by atoms with E-state index in [1.165, 1.54) is 17.8 Å². The lowest BCUT2D eigenvalue weighted by Crippen LogP contribution is -2.12. The summed E-state index contributed by atoms with van der Waals surface area (Å²) in [7, 11) is 1.43. The van der Waals surface area contributed by atoms with Gasteiger partial charge in [-0.3, -0.25) is 5.10 Å². The molecule has 0 saturated heterocycles. The van der Waals surface area contributed by atoms with E-state index in [2.05, 4.69) is 10.1 Å². The summed E-state index contributed by atoms with van der Waals surface area (Å²) >= 11 is 0. The van der Waals surface area contributed by atoms with Crippen LogP contribution in [0.4, 0.5) is 13.2 Å². The van der Waals surface area contributed by atoms with Gasteiger partial charge in [-0.05, 0) is 6.92 Å². The number of imidazole rings is 1. The van der Waals surface area contributed by atoms with Crippen molar-refractivity contribution in [2.24, 2.45) is 7.05 Å². The Morgan fingerprint density at radius 1 is 1.43 bits per heavy atom. The van der Waals surface area contributed by atoms with Crippen LogP contribution in [0, 0.1) is 0 Å². The van der Waals surface area contributed by atoms with E-state index in [-0.39, 0.29) is 36.1 Å². The molecule has 116 valence electrons. The number of carbonyl (C=O) groups excluding carboxylic acids is 1. The molecule has 0 aliphatic carbocycles. The molecule has 0 radical (unpaired) electrons. The zero-order valence-electron chi connectivity index (χ0n) is 11.1. The van der Waals surface area contributed by atoms with Crippen LogP contribution in [-0.2, 0) is 18.0 Å². The Kier molecular flexibility index (Phi) is 5.00. The summed E-state index contributed by atoms with van der Waals surface area (Å²) in [5.74, 6) is -0.769. The Morgan fingerprint density at radius 2 is 2.10 bits per heavy atom. The summed E-state index contributed by atoms with van der Waals surface area (Å²) in [5, 5.41) is 5.30. The van der Waals surface area contributed by atoms with Crippen LogP contribution < -0.4 is 0 Å². The molecule has 0 bridgehead atoms. The van der Waals surface area contributed by atoms with Crippen molar-refractivity contribution in [3.8, 4) is 11.3 Å². The molecule has 0 atom stereocenters. The second kappa shape index (κ2) is 6.17. The lowest BCUT2D eigenvalue weighted by Gasteiger charge is -2.08. The van der Waals surface area contributed by atoms with Gasteiger partial charge >= 0.3 is 12.1 Å². The minimum atomic E-state index is -4.57. The second-order valence-electron chi connectivity index (χ2n) is 3.90. The van der Waals surface area contributed by atoms with E-state index in [0.717, 1.165) is 6.20 Å². The molecule has 6 nitrogen and oxygen atoms in total. The van der Waals surface area contributed by atoms with Crippen molar-refractivity contribution >= 4 is 18.4 Å². The van der Waals surface area contributed by atoms with Crippen LogP contribution in [0.1, 0.15) is 23.2 Å². The van der Waals surface area contributed by atoms with E-state index in [1.54, 1.807) is 6.92 Å². The molecule has 2 rings (SSSR count). The van der Waals surface area contributed by atoms with Gasteiger partial charge in [0.05, 0.1) is 30.3 Å². The number of aromatic amines is 1. The predicted octanol–water partition coefficient (Wildman–Crippen LogP) is 2.43. The monoisotopic (exact) mass is 324 g/mol. The summed E-state index contributed by atoms with van der Waals surface area (Å²) < 4.78 is 44.4. The number of esters is 1. The van der Waals surface area contributed by atoms with Crippen LogP contribution in [0.5, 0.6) is 0 Å². The number of nitrogens with zero attached hydrogens (tertiary/aromatic N) is 3. The van der Waals surface area contributed by atoms with E-state index in [1.807, 2.05) is 5.10 Å². The predicted molar refractivity (Wildman–Crippen MR) is 69.0 cm³/mol. The molecule has 0 fully saturated rings. The lowest BCUT2D eigenvalue weighted by atomic mass is 10.2. The van der Waals surface area contributed by atoms with Gasteiger partial charge in [0.2, 0.25) is 5.82 Å². The molecule has 0 aliphatic heterocycles. The Labute approximate surface area is 123 Å². The van der Waals surface area contributed by atoms with Crippen molar-refractivity contribution in [3.63, 3.8) is 0 Å². The van der Waals surface area contributed by atoms with Gasteiger partial charge in [0.25, 0.3) is 0 Å². The highest BCUT2D eigenvalue weighted by atomic mass is 35.5. The maximum atomic E-state index is 12.8. The molecule has 0 unspecified atom stereocenters. The average Bonchev–Trinajstić information content (AvgIpc) is 2.94. The van der Waals surface area contributed by atoms with Gasteiger partial charge in [0, 0.05) is 7.05 Å². The van der Waals surface area contributed by atoms with E-state index in [9.17, 15) is 18.0 Å². The van der Waals surface area contributed by atoms with E-state index in [0.29, 0.717) is 0 Å². The van der Waals surface area contributed by atoms with Crippen molar-refractivity contribution in [1.82, 2.24) is 19.7 Å². The van der Waals surface area contributed by atoms with Crippen LogP contribution in [0.25, 0.3) is 11.3 Å². The molecule has 2 heterocycles. The Hall–Kier alpha value is -2.03. The lowest BCUT2D eigenvalue weighted by molar-refractivity contribution is -0.140. The largest absolute Gasteiger partial charge is 0.460 e. The smallest absolute Gasteiger partial charge is 0.433 e. The summed E-state index contributed by atoms with van der Waals surface area (Å²) in [6, 6.07) is 0. The number of ether oxygens (including phenoxy) is 1. The highest BCUT2D eigenvalue weighted by Gasteiger charge is 2.37. The molecule has 0 aromatic carbocycles. The SMILES string of the molecule is CCOC(=O)c1ncc(-c2cn[nH]c2C(F)(F)F)n1C.Cl. The Balaban J connectivity index is 0.00000220. The van der Waals surface area contributed by atoms with Gasteiger partial charge in [-0.25, -0.2) is 9.78 Å². The van der Waals surface area contributed by atoms with Crippen LogP contribution in [0.3, 0.4) is 0 Å². The minimum Gasteiger partial charge on any atom is -0.460 e.